The highest BCUT2D eigenvalue weighted by Gasteiger charge is 2.12. The van der Waals surface area contributed by atoms with E-state index in [0.29, 0.717) is 23.9 Å². The van der Waals surface area contributed by atoms with Crippen molar-refractivity contribution in [3.8, 4) is 5.75 Å². The van der Waals surface area contributed by atoms with E-state index in [1.807, 2.05) is 47.3 Å². The van der Waals surface area contributed by atoms with Crippen LogP contribution in [-0.2, 0) is 13.2 Å². The fraction of sp³-hybridized carbons (Fsp3) is 0.200. The van der Waals surface area contributed by atoms with Gasteiger partial charge in [-0.05, 0) is 69.4 Å². The van der Waals surface area contributed by atoms with Crippen molar-refractivity contribution in [1.29, 1.82) is 0 Å². The molecule has 2 heterocycles. The third-order valence-corrected chi connectivity index (χ3v) is 5.35. The van der Waals surface area contributed by atoms with E-state index in [1.165, 1.54) is 5.56 Å². The summed E-state index contributed by atoms with van der Waals surface area (Å²) < 4.78 is 14.2. The lowest BCUT2D eigenvalue weighted by Crippen LogP contribution is -2.11. The Bertz CT molecular complexity index is 1200. The van der Waals surface area contributed by atoms with Gasteiger partial charge in [-0.25, -0.2) is 0 Å². The number of halogens is 1. The predicted molar refractivity (Wildman–Crippen MR) is 127 cm³/mol. The molecule has 4 aromatic rings. The summed E-state index contributed by atoms with van der Waals surface area (Å²) >= 11 is 3.39. The summed E-state index contributed by atoms with van der Waals surface area (Å²) in [6.45, 7) is 5.17. The van der Waals surface area contributed by atoms with Crippen molar-refractivity contribution in [3.05, 3.63) is 100 Å². The Morgan fingerprint density at radius 1 is 1.16 bits per heavy atom. The molecule has 0 saturated carbocycles. The predicted octanol–water partition coefficient (Wildman–Crippen LogP) is 6.24. The maximum absolute atomic E-state index is 12.6. The monoisotopic (exact) mass is 493 g/mol. The van der Waals surface area contributed by atoms with Crippen LogP contribution in [0.3, 0.4) is 0 Å². The molecule has 0 aliphatic carbocycles. The lowest BCUT2D eigenvalue weighted by molar-refractivity contribution is 0.0992. The smallest absolute Gasteiger partial charge is 0.291 e. The fourth-order valence-electron chi connectivity index (χ4n) is 3.23. The van der Waals surface area contributed by atoms with Crippen LogP contribution in [0.2, 0.25) is 0 Å². The largest absolute Gasteiger partial charge is 0.486 e. The summed E-state index contributed by atoms with van der Waals surface area (Å²) in [5.74, 6) is 1.75. The van der Waals surface area contributed by atoms with Crippen LogP contribution in [0.1, 0.15) is 47.2 Å². The third-order valence-electron chi connectivity index (χ3n) is 4.94. The minimum Gasteiger partial charge on any atom is -0.486 e. The zero-order valence-corrected chi connectivity index (χ0v) is 19.5. The maximum Gasteiger partial charge on any atom is 0.291 e. The Labute approximate surface area is 195 Å². The molecule has 0 spiro atoms. The van der Waals surface area contributed by atoms with E-state index in [-0.39, 0.29) is 18.3 Å². The number of amides is 1. The zero-order chi connectivity index (χ0) is 22.5. The minimum absolute atomic E-state index is 0.236. The van der Waals surface area contributed by atoms with Crippen molar-refractivity contribution in [2.24, 2.45) is 0 Å². The SMILES string of the molecule is CC(C)c1ccc(OCc2ccc(C(=O)Nc3cccc(Cn4cc(Br)cn4)c3)o2)cc1. The second-order valence-corrected chi connectivity index (χ2v) is 8.70. The van der Waals surface area contributed by atoms with Crippen molar-refractivity contribution in [2.45, 2.75) is 32.9 Å². The van der Waals surface area contributed by atoms with Gasteiger partial charge in [-0.2, -0.15) is 5.10 Å². The van der Waals surface area contributed by atoms with Crippen LogP contribution in [0.15, 0.2) is 81.9 Å². The van der Waals surface area contributed by atoms with E-state index >= 15 is 0 Å². The topological polar surface area (TPSA) is 69.3 Å². The van der Waals surface area contributed by atoms with Crippen molar-refractivity contribution < 1.29 is 13.9 Å². The Kier molecular flexibility index (Phi) is 6.75. The van der Waals surface area contributed by atoms with Gasteiger partial charge < -0.3 is 14.5 Å². The van der Waals surface area contributed by atoms with Crippen LogP contribution in [0.25, 0.3) is 0 Å². The number of nitrogens with zero attached hydrogens (tertiary/aromatic N) is 2. The summed E-state index contributed by atoms with van der Waals surface area (Å²) in [4.78, 5) is 12.6. The van der Waals surface area contributed by atoms with Crippen LogP contribution in [0.5, 0.6) is 5.75 Å². The van der Waals surface area contributed by atoms with E-state index in [0.717, 1.165) is 15.8 Å². The zero-order valence-electron chi connectivity index (χ0n) is 17.9. The molecule has 0 radical (unpaired) electrons. The molecule has 0 aliphatic rings. The average Bonchev–Trinajstić information content (AvgIpc) is 3.42. The molecule has 0 aliphatic heterocycles. The summed E-state index contributed by atoms with van der Waals surface area (Å²) in [5, 5.41) is 7.14. The van der Waals surface area contributed by atoms with Crippen molar-refractivity contribution in [2.75, 3.05) is 5.32 Å². The Morgan fingerprint density at radius 2 is 1.97 bits per heavy atom. The number of carbonyl (C=O) groups excluding carboxylic acids is 1. The number of benzene rings is 2. The Morgan fingerprint density at radius 3 is 2.69 bits per heavy atom. The van der Waals surface area contributed by atoms with Gasteiger partial charge in [-0.3, -0.25) is 9.48 Å². The molecule has 4 rings (SSSR count). The Hall–Kier alpha value is -3.32. The van der Waals surface area contributed by atoms with Gasteiger partial charge in [-0.15, -0.1) is 0 Å². The summed E-state index contributed by atoms with van der Waals surface area (Å²) in [6.07, 6.45) is 3.64. The molecule has 6 nitrogen and oxygen atoms in total. The average molecular weight is 494 g/mol. The number of rotatable bonds is 8. The van der Waals surface area contributed by atoms with Gasteiger partial charge in [0.15, 0.2) is 5.76 Å². The van der Waals surface area contributed by atoms with Crippen LogP contribution in [0, 0.1) is 0 Å². The van der Waals surface area contributed by atoms with Gasteiger partial charge in [0.05, 0.1) is 17.2 Å². The van der Waals surface area contributed by atoms with Crippen LogP contribution < -0.4 is 10.1 Å². The van der Waals surface area contributed by atoms with Crippen molar-refractivity contribution in [3.63, 3.8) is 0 Å². The first-order valence-corrected chi connectivity index (χ1v) is 11.2. The molecule has 7 heteroatoms. The third kappa shape index (κ3) is 5.68. The first-order chi connectivity index (χ1) is 15.5. The standard InChI is InChI=1S/C25H24BrN3O3/c1-17(2)19-6-8-22(9-7-19)31-16-23-10-11-24(32-23)25(30)28-21-5-3-4-18(12-21)14-29-15-20(26)13-27-29/h3-13,15,17H,14,16H2,1-2H3,(H,28,30). The highest BCUT2D eigenvalue weighted by molar-refractivity contribution is 9.10. The first-order valence-electron chi connectivity index (χ1n) is 10.4. The number of anilines is 1. The number of aromatic nitrogens is 2. The molecular formula is C25H24BrN3O3. The molecule has 2 aromatic heterocycles. The molecule has 0 fully saturated rings. The first kappa shape index (κ1) is 21.9. The number of furan rings is 1. The molecule has 32 heavy (non-hydrogen) atoms. The normalized spacial score (nSPS) is 11.0. The van der Waals surface area contributed by atoms with Gasteiger partial charge in [0.25, 0.3) is 5.91 Å². The number of carbonyl (C=O) groups is 1. The highest BCUT2D eigenvalue weighted by Crippen LogP contribution is 2.20. The molecule has 2 aromatic carbocycles. The van der Waals surface area contributed by atoms with Gasteiger partial charge >= 0.3 is 0 Å². The molecule has 1 N–H and O–H groups in total. The summed E-state index contributed by atoms with van der Waals surface area (Å²) in [5.41, 5.74) is 2.98. The van der Waals surface area contributed by atoms with E-state index < -0.39 is 0 Å². The van der Waals surface area contributed by atoms with E-state index in [9.17, 15) is 4.79 Å². The lowest BCUT2D eigenvalue weighted by Gasteiger charge is -2.08. The van der Waals surface area contributed by atoms with E-state index in [1.54, 1.807) is 18.3 Å². The van der Waals surface area contributed by atoms with Crippen LogP contribution >= 0.6 is 15.9 Å². The quantitative estimate of drug-likeness (QED) is 0.315. The molecule has 0 unspecified atom stereocenters. The second-order valence-electron chi connectivity index (χ2n) is 7.79. The molecule has 0 bridgehead atoms. The highest BCUT2D eigenvalue weighted by atomic mass is 79.9. The van der Waals surface area contributed by atoms with Gasteiger partial charge in [0, 0.05) is 11.9 Å². The molecule has 0 atom stereocenters. The summed E-state index contributed by atoms with van der Waals surface area (Å²) in [6, 6.07) is 19.1. The summed E-state index contributed by atoms with van der Waals surface area (Å²) in [7, 11) is 0. The molecular weight excluding hydrogens is 470 g/mol. The maximum atomic E-state index is 12.6. The van der Waals surface area contributed by atoms with Crippen molar-refractivity contribution in [1.82, 2.24) is 9.78 Å². The number of ether oxygens (including phenoxy) is 1. The lowest BCUT2D eigenvalue weighted by atomic mass is 10.0. The van der Waals surface area contributed by atoms with Crippen LogP contribution in [0.4, 0.5) is 5.69 Å². The molecule has 0 saturated heterocycles. The van der Waals surface area contributed by atoms with Gasteiger partial charge in [0.1, 0.15) is 18.1 Å². The fourth-order valence-corrected chi connectivity index (χ4v) is 3.56. The minimum atomic E-state index is -0.309. The molecule has 164 valence electrons. The Balaban J connectivity index is 1.34. The van der Waals surface area contributed by atoms with E-state index in [2.05, 4.69) is 52.3 Å². The number of nitrogens with one attached hydrogen (secondary N) is 1. The molecule has 1 amide bonds. The number of hydrogen-bond acceptors (Lipinski definition) is 4. The van der Waals surface area contributed by atoms with Gasteiger partial charge in [0.2, 0.25) is 0 Å². The van der Waals surface area contributed by atoms with Crippen molar-refractivity contribution >= 4 is 27.5 Å². The van der Waals surface area contributed by atoms with Gasteiger partial charge in [-0.1, -0.05) is 38.1 Å². The van der Waals surface area contributed by atoms with E-state index in [4.69, 9.17) is 9.15 Å². The number of hydrogen-bond donors (Lipinski definition) is 1. The second kappa shape index (κ2) is 9.87. The van der Waals surface area contributed by atoms with Crippen LogP contribution in [-0.4, -0.2) is 15.7 Å².